The van der Waals surface area contributed by atoms with Gasteiger partial charge in [0.15, 0.2) is 5.82 Å². The first kappa shape index (κ1) is 20.5. The fourth-order valence-corrected chi connectivity index (χ4v) is 5.38. The van der Waals surface area contributed by atoms with Gasteiger partial charge in [-0.3, -0.25) is 0 Å². The molecule has 30 heavy (non-hydrogen) atoms. The average Bonchev–Trinajstić information content (AvgIpc) is 3.04. The molecule has 0 amide bonds. The van der Waals surface area contributed by atoms with Crippen LogP contribution in [0.25, 0.3) is 5.82 Å². The Morgan fingerprint density at radius 3 is 2.33 bits per heavy atom. The average molecular weight is 430 g/mol. The smallest absolute Gasteiger partial charge is 0.218 e. The number of aryl methyl sites for hydroxylation is 1. The molecule has 0 bridgehead atoms. The van der Waals surface area contributed by atoms with Crippen LogP contribution in [0.1, 0.15) is 17.0 Å². The minimum absolute atomic E-state index is 0.122. The number of aromatic nitrogens is 3. The van der Waals surface area contributed by atoms with Gasteiger partial charge in [-0.1, -0.05) is 18.2 Å². The number of rotatable bonds is 5. The van der Waals surface area contributed by atoms with Crippen molar-refractivity contribution in [1.29, 1.82) is 0 Å². The molecule has 0 aliphatic carbocycles. The molecular formula is C21H24FN5O2S. The first-order valence-electron chi connectivity index (χ1n) is 9.80. The summed E-state index contributed by atoms with van der Waals surface area (Å²) in [5, 5.41) is 4.64. The van der Waals surface area contributed by atoms with Crippen LogP contribution in [-0.2, 0) is 15.8 Å². The summed E-state index contributed by atoms with van der Waals surface area (Å²) in [6, 6.07) is 11.3. The zero-order valence-electron chi connectivity index (χ0n) is 17.0. The Morgan fingerprint density at radius 1 is 1.00 bits per heavy atom. The van der Waals surface area contributed by atoms with Gasteiger partial charge < -0.3 is 4.90 Å². The van der Waals surface area contributed by atoms with E-state index in [-0.39, 0.29) is 11.6 Å². The number of sulfonamides is 1. The number of benzene rings is 1. The van der Waals surface area contributed by atoms with Gasteiger partial charge >= 0.3 is 0 Å². The van der Waals surface area contributed by atoms with Crippen LogP contribution in [-0.4, -0.2) is 53.7 Å². The molecule has 0 radical (unpaired) electrons. The Kier molecular flexibility index (Phi) is 5.57. The lowest BCUT2D eigenvalue weighted by molar-refractivity contribution is 0.384. The zero-order chi connectivity index (χ0) is 21.3. The van der Waals surface area contributed by atoms with Crippen molar-refractivity contribution in [1.82, 2.24) is 19.1 Å². The van der Waals surface area contributed by atoms with Crippen molar-refractivity contribution in [2.24, 2.45) is 0 Å². The first-order valence-corrected chi connectivity index (χ1v) is 11.4. The number of hydrogen-bond donors (Lipinski definition) is 0. The summed E-state index contributed by atoms with van der Waals surface area (Å²) in [7, 11) is -3.46. The predicted molar refractivity (Wildman–Crippen MR) is 114 cm³/mol. The molecule has 0 spiro atoms. The second kappa shape index (κ2) is 8.16. The molecule has 0 saturated carbocycles. The SMILES string of the molecule is Cc1nn(-c2ccccn2)c(C)c1N1CCN(S(=O)(=O)Cc2ccc(F)cc2)CC1. The number of pyridine rings is 1. The lowest BCUT2D eigenvalue weighted by atomic mass is 10.2. The van der Waals surface area contributed by atoms with E-state index in [4.69, 9.17) is 0 Å². The highest BCUT2D eigenvalue weighted by atomic mass is 32.2. The van der Waals surface area contributed by atoms with Crippen molar-refractivity contribution in [2.75, 3.05) is 31.1 Å². The Morgan fingerprint density at radius 2 is 1.70 bits per heavy atom. The van der Waals surface area contributed by atoms with Crippen LogP contribution in [0, 0.1) is 19.7 Å². The van der Waals surface area contributed by atoms with Crippen molar-refractivity contribution in [2.45, 2.75) is 19.6 Å². The van der Waals surface area contributed by atoms with Gasteiger partial charge in [-0.05, 0) is 43.7 Å². The minimum Gasteiger partial charge on any atom is -0.366 e. The van der Waals surface area contributed by atoms with E-state index in [1.807, 2.05) is 36.7 Å². The summed E-state index contributed by atoms with van der Waals surface area (Å²) in [6.07, 6.45) is 1.73. The van der Waals surface area contributed by atoms with E-state index in [1.54, 1.807) is 6.20 Å². The summed E-state index contributed by atoms with van der Waals surface area (Å²) in [5.41, 5.74) is 3.48. The Labute approximate surface area is 175 Å². The maximum absolute atomic E-state index is 13.1. The molecule has 1 fully saturated rings. The molecule has 1 aromatic carbocycles. The van der Waals surface area contributed by atoms with E-state index in [9.17, 15) is 12.8 Å². The van der Waals surface area contributed by atoms with Crippen LogP contribution >= 0.6 is 0 Å². The van der Waals surface area contributed by atoms with Gasteiger partial charge in [-0.15, -0.1) is 0 Å². The first-order chi connectivity index (χ1) is 14.3. The second-order valence-electron chi connectivity index (χ2n) is 7.39. The van der Waals surface area contributed by atoms with Crippen LogP contribution in [0.2, 0.25) is 0 Å². The third-order valence-electron chi connectivity index (χ3n) is 5.33. The van der Waals surface area contributed by atoms with Crippen molar-refractivity contribution >= 4 is 15.7 Å². The molecule has 1 saturated heterocycles. The summed E-state index contributed by atoms with van der Waals surface area (Å²) in [6.45, 7) is 5.92. The van der Waals surface area contributed by atoms with E-state index in [1.165, 1.54) is 28.6 Å². The number of halogens is 1. The number of nitrogens with zero attached hydrogens (tertiary/aromatic N) is 5. The fourth-order valence-electron chi connectivity index (χ4n) is 3.87. The highest BCUT2D eigenvalue weighted by molar-refractivity contribution is 7.88. The maximum atomic E-state index is 13.1. The lowest BCUT2D eigenvalue weighted by Crippen LogP contribution is -2.49. The zero-order valence-corrected chi connectivity index (χ0v) is 17.8. The third-order valence-corrected chi connectivity index (χ3v) is 7.18. The van der Waals surface area contributed by atoms with E-state index in [0.29, 0.717) is 31.7 Å². The molecule has 3 heterocycles. The van der Waals surface area contributed by atoms with Crippen LogP contribution in [0.15, 0.2) is 48.7 Å². The molecule has 1 aliphatic heterocycles. The van der Waals surface area contributed by atoms with E-state index in [2.05, 4.69) is 15.0 Å². The number of piperazine rings is 1. The number of hydrogen-bond acceptors (Lipinski definition) is 5. The molecule has 0 N–H and O–H groups in total. The molecule has 9 heteroatoms. The van der Waals surface area contributed by atoms with E-state index >= 15 is 0 Å². The third kappa shape index (κ3) is 4.08. The van der Waals surface area contributed by atoms with Gasteiger partial charge in [0.05, 0.1) is 22.8 Å². The minimum atomic E-state index is -3.46. The summed E-state index contributed by atoms with van der Waals surface area (Å²) >= 11 is 0. The van der Waals surface area contributed by atoms with Gasteiger partial charge in [-0.2, -0.15) is 9.40 Å². The quantitative estimate of drug-likeness (QED) is 0.624. The van der Waals surface area contributed by atoms with Gasteiger partial charge in [-0.25, -0.2) is 22.5 Å². The van der Waals surface area contributed by atoms with Crippen LogP contribution in [0.4, 0.5) is 10.1 Å². The monoisotopic (exact) mass is 429 g/mol. The topological polar surface area (TPSA) is 71.3 Å². The summed E-state index contributed by atoms with van der Waals surface area (Å²) in [5.74, 6) is 0.259. The van der Waals surface area contributed by atoms with Crippen molar-refractivity contribution < 1.29 is 12.8 Å². The molecule has 1 aliphatic rings. The molecule has 0 unspecified atom stereocenters. The summed E-state index contributed by atoms with van der Waals surface area (Å²) in [4.78, 5) is 6.55. The number of anilines is 1. The largest absolute Gasteiger partial charge is 0.366 e. The normalized spacial score (nSPS) is 15.5. The standard InChI is InChI=1S/C21H24FN5O2S/c1-16-21(17(2)27(24-16)20-5-3-4-10-23-20)25-11-13-26(14-12-25)30(28,29)15-18-6-8-19(22)9-7-18/h3-10H,11-15H2,1-2H3. The van der Waals surface area contributed by atoms with Gasteiger partial charge in [0, 0.05) is 32.4 Å². The molecular weight excluding hydrogens is 405 g/mol. The Hall–Kier alpha value is -2.78. The molecule has 2 aromatic heterocycles. The fraction of sp³-hybridized carbons (Fsp3) is 0.333. The molecule has 4 rings (SSSR count). The molecule has 158 valence electrons. The van der Waals surface area contributed by atoms with E-state index in [0.717, 1.165) is 22.9 Å². The highest BCUT2D eigenvalue weighted by Gasteiger charge is 2.29. The highest BCUT2D eigenvalue weighted by Crippen LogP contribution is 2.28. The van der Waals surface area contributed by atoms with Crippen molar-refractivity contribution in [3.63, 3.8) is 0 Å². The second-order valence-corrected chi connectivity index (χ2v) is 9.36. The molecule has 0 atom stereocenters. The van der Waals surface area contributed by atoms with Gasteiger partial charge in [0.25, 0.3) is 0 Å². The van der Waals surface area contributed by atoms with Crippen LogP contribution in [0.5, 0.6) is 0 Å². The summed E-state index contributed by atoms with van der Waals surface area (Å²) < 4.78 is 42.0. The van der Waals surface area contributed by atoms with Crippen LogP contribution < -0.4 is 4.90 Å². The predicted octanol–water partition coefficient (Wildman–Crippen LogP) is 2.68. The van der Waals surface area contributed by atoms with Gasteiger partial charge in [0.2, 0.25) is 10.0 Å². The Bertz CT molecular complexity index is 1120. The van der Waals surface area contributed by atoms with Gasteiger partial charge in [0.1, 0.15) is 5.82 Å². The Balaban J connectivity index is 1.47. The maximum Gasteiger partial charge on any atom is 0.218 e. The molecule has 7 nitrogen and oxygen atoms in total. The van der Waals surface area contributed by atoms with Crippen molar-refractivity contribution in [3.8, 4) is 5.82 Å². The van der Waals surface area contributed by atoms with E-state index < -0.39 is 10.0 Å². The van der Waals surface area contributed by atoms with Crippen LogP contribution in [0.3, 0.4) is 0 Å². The van der Waals surface area contributed by atoms with Crippen molar-refractivity contribution in [3.05, 3.63) is 71.4 Å². The molecule has 3 aromatic rings. The lowest BCUT2D eigenvalue weighted by Gasteiger charge is -2.35.